The zero-order valence-corrected chi connectivity index (χ0v) is 12.9. The Labute approximate surface area is 128 Å². The molecule has 0 fully saturated rings. The Hall–Kier alpha value is -1.92. The summed E-state index contributed by atoms with van der Waals surface area (Å²) in [5, 5.41) is 0.485. The largest absolute Gasteiger partial charge is 0.497 e. The summed E-state index contributed by atoms with van der Waals surface area (Å²) >= 11 is 5.75. The van der Waals surface area contributed by atoms with Crippen LogP contribution < -0.4 is 13.7 Å². The number of hydrogen-bond acceptors (Lipinski definition) is 5. The third-order valence-electron chi connectivity index (χ3n) is 2.66. The summed E-state index contributed by atoms with van der Waals surface area (Å²) in [6.45, 7) is 0. The molecule has 0 bridgehead atoms. The summed E-state index contributed by atoms with van der Waals surface area (Å²) in [7, 11) is -1.23. The number of halogens is 1. The van der Waals surface area contributed by atoms with Gasteiger partial charge in [-0.1, -0.05) is 11.6 Å². The molecule has 0 heterocycles. The maximum absolute atomic E-state index is 12.3. The summed E-state index contributed by atoms with van der Waals surface area (Å²) in [4.78, 5) is -0.112. The molecule has 21 heavy (non-hydrogen) atoms. The van der Waals surface area contributed by atoms with Crippen LogP contribution in [0.1, 0.15) is 0 Å². The molecule has 2 rings (SSSR count). The zero-order chi connectivity index (χ0) is 15.5. The lowest BCUT2D eigenvalue weighted by molar-refractivity contribution is 0.388. The monoisotopic (exact) mass is 328 g/mol. The van der Waals surface area contributed by atoms with Gasteiger partial charge in [-0.25, -0.2) is 0 Å². The average molecular weight is 329 g/mol. The summed E-state index contributed by atoms with van der Waals surface area (Å²) in [5.41, 5.74) is 0. The van der Waals surface area contributed by atoms with E-state index in [1.807, 2.05) is 0 Å². The molecule has 0 aromatic heterocycles. The molecule has 112 valence electrons. The molecule has 0 amide bonds. The van der Waals surface area contributed by atoms with Crippen molar-refractivity contribution < 1.29 is 22.1 Å². The number of benzene rings is 2. The van der Waals surface area contributed by atoms with Crippen molar-refractivity contribution in [3.05, 3.63) is 47.5 Å². The van der Waals surface area contributed by atoms with E-state index in [0.29, 0.717) is 10.8 Å². The van der Waals surface area contributed by atoms with Gasteiger partial charge in [-0.05, 0) is 36.4 Å². The molecule has 7 heteroatoms. The fourth-order valence-corrected chi connectivity index (χ4v) is 2.88. The molecule has 0 N–H and O–H groups in total. The number of methoxy groups -OCH3 is 2. The van der Waals surface area contributed by atoms with Crippen molar-refractivity contribution in [3.63, 3.8) is 0 Å². The third kappa shape index (κ3) is 3.59. The summed E-state index contributed by atoms with van der Waals surface area (Å²) in [6, 6.07) is 10.4. The molecule has 5 nitrogen and oxygen atoms in total. The van der Waals surface area contributed by atoms with Crippen LogP contribution in [0.5, 0.6) is 17.2 Å². The second-order valence-electron chi connectivity index (χ2n) is 4.01. The zero-order valence-electron chi connectivity index (χ0n) is 11.4. The minimum atomic E-state index is -4.05. The first kappa shape index (κ1) is 15.5. The van der Waals surface area contributed by atoms with Crippen molar-refractivity contribution in [2.24, 2.45) is 0 Å². The van der Waals surface area contributed by atoms with E-state index in [0.717, 1.165) is 0 Å². The highest BCUT2D eigenvalue weighted by molar-refractivity contribution is 7.87. The fourth-order valence-electron chi connectivity index (χ4n) is 1.64. The molecule has 0 saturated heterocycles. The van der Waals surface area contributed by atoms with Gasteiger partial charge >= 0.3 is 10.1 Å². The molecule has 2 aromatic rings. The van der Waals surface area contributed by atoms with Gasteiger partial charge in [0, 0.05) is 11.1 Å². The third-order valence-corrected chi connectivity index (χ3v) is 4.18. The van der Waals surface area contributed by atoms with Crippen LogP contribution in [0, 0.1) is 0 Å². The predicted molar refractivity (Wildman–Crippen MR) is 78.8 cm³/mol. The van der Waals surface area contributed by atoms with Crippen molar-refractivity contribution >= 4 is 21.7 Å². The first-order valence-electron chi connectivity index (χ1n) is 5.88. The van der Waals surface area contributed by atoms with E-state index in [4.69, 9.17) is 25.3 Å². The molecule has 0 radical (unpaired) electrons. The first-order chi connectivity index (χ1) is 9.96. The topological polar surface area (TPSA) is 61.8 Å². The van der Waals surface area contributed by atoms with Crippen molar-refractivity contribution in [1.82, 2.24) is 0 Å². The highest BCUT2D eigenvalue weighted by atomic mass is 35.5. The van der Waals surface area contributed by atoms with Crippen LogP contribution in [-0.4, -0.2) is 22.6 Å². The van der Waals surface area contributed by atoms with E-state index >= 15 is 0 Å². The van der Waals surface area contributed by atoms with Crippen LogP contribution in [0.2, 0.25) is 5.02 Å². The standard InChI is InChI=1S/C14H13ClO5S/c1-18-12-7-8-13(19-2)14(9-12)21(16,17)20-11-5-3-10(15)4-6-11/h3-9H,1-2H3. The Kier molecular flexibility index (Phi) is 4.59. The van der Waals surface area contributed by atoms with Gasteiger partial charge < -0.3 is 13.7 Å². The van der Waals surface area contributed by atoms with E-state index in [-0.39, 0.29) is 16.4 Å². The molecular weight excluding hydrogens is 316 g/mol. The Morgan fingerprint density at radius 1 is 0.905 bits per heavy atom. The Bertz CT molecular complexity index is 726. The molecule has 0 unspecified atom stereocenters. The van der Waals surface area contributed by atoms with Crippen LogP contribution >= 0.6 is 11.6 Å². The molecule has 0 atom stereocenters. The van der Waals surface area contributed by atoms with Crippen LogP contribution in [0.25, 0.3) is 0 Å². The van der Waals surface area contributed by atoms with Crippen molar-refractivity contribution in [3.8, 4) is 17.2 Å². The lowest BCUT2D eigenvalue weighted by Gasteiger charge is -2.12. The quantitative estimate of drug-likeness (QED) is 0.789. The number of hydrogen-bond donors (Lipinski definition) is 0. The van der Waals surface area contributed by atoms with E-state index in [9.17, 15) is 8.42 Å². The maximum atomic E-state index is 12.3. The van der Waals surface area contributed by atoms with E-state index in [1.54, 1.807) is 6.07 Å². The minimum absolute atomic E-state index is 0.112. The van der Waals surface area contributed by atoms with Crippen molar-refractivity contribution in [2.75, 3.05) is 14.2 Å². The second kappa shape index (κ2) is 6.24. The lowest BCUT2D eigenvalue weighted by Crippen LogP contribution is -2.11. The predicted octanol–water partition coefficient (Wildman–Crippen LogP) is 3.12. The highest BCUT2D eigenvalue weighted by Crippen LogP contribution is 2.30. The molecule has 0 aliphatic heterocycles. The average Bonchev–Trinajstić information content (AvgIpc) is 2.48. The molecule has 0 saturated carbocycles. The number of ether oxygens (including phenoxy) is 2. The summed E-state index contributed by atoms with van der Waals surface area (Å²) in [5.74, 6) is 0.711. The van der Waals surface area contributed by atoms with Gasteiger partial charge in [0.25, 0.3) is 0 Å². The van der Waals surface area contributed by atoms with E-state index in [1.165, 1.54) is 50.6 Å². The SMILES string of the molecule is COc1ccc(OC)c(S(=O)(=O)Oc2ccc(Cl)cc2)c1. The molecule has 0 aliphatic carbocycles. The van der Waals surface area contributed by atoms with Crippen LogP contribution in [0.4, 0.5) is 0 Å². The van der Waals surface area contributed by atoms with Gasteiger partial charge in [0.05, 0.1) is 14.2 Å². The molecule has 0 spiro atoms. The lowest BCUT2D eigenvalue weighted by atomic mass is 10.3. The van der Waals surface area contributed by atoms with E-state index < -0.39 is 10.1 Å². The normalized spacial score (nSPS) is 11.0. The van der Waals surface area contributed by atoms with Gasteiger partial charge in [-0.2, -0.15) is 8.42 Å². The molecule has 2 aromatic carbocycles. The van der Waals surface area contributed by atoms with Gasteiger partial charge in [-0.3, -0.25) is 0 Å². The molecular formula is C14H13ClO5S. The van der Waals surface area contributed by atoms with Gasteiger partial charge in [0.1, 0.15) is 17.2 Å². The van der Waals surface area contributed by atoms with Crippen LogP contribution in [0.15, 0.2) is 47.4 Å². The molecule has 0 aliphatic rings. The van der Waals surface area contributed by atoms with Gasteiger partial charge in [-0.15, -0.1) is 0 Å². The smallest absolute Gasteiger partial charge is 0.343 e. The van der Waals surface area contributed by atoms with Crippen LogP contribution in [0.3, 0.4) is 0 Å². The fraction of sp³-hybridized carbons (Fsp3) is 0.143. The van der Waals surface area contributed by atoms with Crippen molar-refractivity contribution in [2.45, 2.75) is 4.90 Å². The number of rotatable bonds is 5. The van der Waals surface area contributed by atoms with Gasteiger partial charge in [0.15, 0.2) is 4.90 Å². The minimum Gasteiger partial charge on any atom is -0.497 e. The highest BCUT2D eigenvalue weighted by Gasteiger charge is 2.23. The Balaban J connectivity index is 2.41. The maximum Gasteiger partial charge on any atom is 0.343 e. The van der Waals surface area contributed by atoms with E-state index in [2.05, 4.69) is 0 Å². The summed E-state index contributed by atoms with van der Waals surface area (Å²) < 4.78 is 39.8. The first-order valence-corrected chi connectivity index (χ1v) is 7.67. The Morgan fingerprint density at radius 2 is 1.52 bits per heavy atom. The Morgan fingerprint density at radius 3 is 2.10 bits per heavy atom. The summed E-state index contributed by atoms with van der Waals surface area (Å²) in [6.07, 6.45) is 0. The van der Waals surface area contributed by atoms with Crippen LogP contribution in [-0.2, 0) is 10.1 Å². The van der Waals surface area contributed by atoms with Crippen molar-refractivity contribution in [1.29, 1.82) is 0 Å². The van der Waals surface area contributed by atoms with Gasteiger partial charge in [0.2, 0.25) is 0 Å². The second-order valence-corrected chi connectivity index (χ2v) is 5.96.